The normalized spacial score (nSPS) is 11.1. The number of hydrogen-bond donors (Lipinski definition) is 2. The van der Waals surface area contributed by atoms with E-state index < -0.39 is 11.8 Å². The summed E-state index contributed by atoms with van der Waals surface area (Å²) in [4.78, 5) is 40.1. The fraction of sp³-hybridized carbons (Fsp3) is 0.0571. The number of carbonyl (C=O) groups excluding carboxylic acids is 3. The third-order valence-corrected chi connectivity index (χ3v) is 7.52. The highest BCUT2D eigenvalue weighted by Gasteiger charge is 2.16. The summed E-state index contributed by atoms with van der Waals surface area (Å²) in [5.74, 6) is 0.0584. The van der Waals surface area contributed by atoms with Crippen molar-refractivity contribution in [3.63, 3.8) is 0 Å². The standard InChI is InChI=1S/C35H28N2O4S/c1-41-29-19-17-25(18-20-29)33(38)23-42-30-15-8-14-28(22-30)36-35(40)32(37-34(39)26-10-3-2-4-11-26)21-27-13-7-12-24-9-5-6-16-31(24)27/h2-22H,23H2,1H3,(H,36,40)(H,37,39)/b32-21-. The number of thioether (sulfide) groups is 1. The molecule has 0 saturated carbocycles. The van der Waals surface area contributed by atoms with E-state index >= 15 is 0 Å². The van der Waals surface area contributed by atoms with Gasteiger partial charge in [-0.05, 0) is 77.0 Å². The highest BCUT2D eigenvalue weighted by molar-refractivity contribution is 8.00. The number of ketones is 1. The number of rotatable bonds is 10. The Morgan fingerprint density at radius 1 is 0.762 bits per heavy atom. The van der Waals surface area contributed by atoms with Gasteiger partial charge in [0.2, 0.25) is 0 Å². The molecule has 0 aliphatic rings. The van der Waals surface area contributed by atoms with Crippen LogP contribution in [0.2, 0.25) is 0 Å². The van der Waals surface area contributed by atoms with Gasteiger partial charge in [0.1, 0.15) is 11.4 Å². The van der Waals surface area contributed by atoms with Crippen molar-refractivity contribution in [2.75, 3.05) is 18.2 Å². The minimum atomic E-state index is -0.469. The molecule has 0 bridgehead atoms. The monoisotopic (exact) mass is 572 g/mol. The number of hydrogen-bond acceptors (Lipinski definition) is 5. The van der Waals surface area contributed by atoms with Crippen LogP contribution in [0.5, 0.6) is 5.75 Å². The lowest BCUT2D eigenvalue weighted by molar-refractivity contribution is -0.113. The highest BCUT2D eigenvalue weighted by atomic mass is 32.2. The van der Waals surface area contributed by atoms with Crippen molar-refractivity contribution in [1.82, 2.24) is 5.32 Å². The molecular weight excluding hydrogens is 544 g/mol. The summed E-state index contributed by atoms with van der Waals surface area (Å²) in [6.07, 6.45) is 1.69. The molecule has 2 amide bonds. The van der Waals surface area contributed by atoms with Gasteiger partial charge in [-0.2, -0.15) is 0 Å². The average Bonchev–Trinajstić information content (AvgIpc) is 3.04. The maximum atomic E-state index is 13.6. The van der Waals surface area contributed by atoms with E-state index in [4.69, 9.17) is 4.74 Å². The van der Waals surface area contributed by atoms with Gasteiger partial charge in [-0.15, -0.1) is 11.8 Å². The smallest absolute Gasteiger partial charge is 0.272 e. The van der Waals surface area contributed by atoms with Crippen LogP contribution < -0.4 is 15.4 Å². The molecule has 6 nitrogen and oxygen atoms in total. The van der Waals surface area contributed by atoms with Crippen molar-refractivity contribution in [3.8, 4) is 5.75 Å². The fourth-order valence-corrected chi connectivity index (χ4v) is 5.19. The summed E-state index contributed by atoms with van der Waals surface area (Å²) in [6, 6.07) is 36.7. The molecule has 0 spiro atoms. The molecule has 0 aliphatic carbocycles. The van der Waals surface area contributed by atoms with Crippen molar-refractivity contribution >= 4 is 51.9 Å². The van der Waals surface area contributed by atoms with E-state index in [1.807, 2.05) is 60.7 Å². The Balaban J connectivity index is 1.35. The summed E-state index contributed by atoms with van der Waals surface area (Å²) >= 11 is 1.38. The number of Topliss-reactive ketones (excluding diaryl/α,β-unsaturated/α-hetero) is 1. The Morgan fingerprint density at radius 2 is 1.48 bits per heavy atom. The van der Waals surface area contributed by atoms with Gasteiger partial charge in [-0.3, -0.25) is 14.4 Å². The molecule has 0 atom stereocenters. The fourth-order valence-electron chi connectivity index (χ4n) is 4.35. The largest absolute Gasteiger partial charge is 0.497 e. The Labute approximate surface area is 248 Å². The predicted molar refractivity (Wildman–Crippen MR) is 169 cm³/mol. The molecule has 5 aromatic rings. The summed E-state index contributed by atoms with van der Waals surface area (Å²) in [5, 5.41) is 7.68. The Bertz CT molecular complexity index is 1760. The third-order valence-electron chi connectivity index (χ3n) is 6.53. The van der Waals surface area contributed by atoms with Crippen molar-refractivity contribution in [2.45, 2.75) is 4.90 Å². The molecule has 0 unspecified atom stereocenters. The number of amides is 2. The summed E-state index contributed by atoms with van der Waals surface area (Å²) in [5.41, 5.74) is 2.49. The number of carbonyl (C=O) groups is 3. The van der Waals surface area contributed by atoms with Gasteiger partial charge in [0.15, 0.2) is 5.78 Å². The van der Waals surface area contributed by atoms with Crippen LogP contribution >= 0.6 is 11.8 Å². The Kier molecular flexibility index (Phi) is 9.11. The van der Waals surface area contributed by atoms with Crippen LogP contribution in [0.4, 0.5) is 5.69 Å². The van der Waals surface area contributed by atoms with Crippen molar-refractivity contribution < 1.29 is 19.1 Å². The van der Waals surface area contributed by atoms with E-state index in [1.54, 1.807) is 73.8 Å². The number of ether oxygens (including phenoxy) is 1. The Morgan fingerprint density at radius 3 is 2.26 bits per heavy atom. The van der Waals surface area contributed by atoms with E-state index in [2.05, 4.69) is 10.6 Å². The molecular formula is C35H28N2O4S. The highest BCUT2D eigenvalue weighted by Crippen LogP contribution is 2.25. The lowest BCUT2D eigenvalue weighted by atomic mass is 10.0. The lowest BCUT2D eigenvalue weighted by Crippen LogP contribution is -2.30. The first-order valence-electron chi connectivity index (χ1n) is 13.3. The zero-order valence-electron chi connectivity index (χ0n) is 22.9. The molecule has 0 saturated heterocycles. The summed E-state index contributed by atoms with van der Waals surface area (Å²) in [7, 11) is 1.58. The van der Waals surface area contributed by atoms with Gasteiger partial charge < -0.3 is 15.4 Å². The molecule has 0 aliphatic heterocycles. The van der Waals surface area contributed by atoms with Gasteiger partial charge in [0.25, 0.3) is 11.8 Å². The van der Waals surface area contributed by atoms with Crippen LogP contribution in [-0.4, -0.2) is 30.5 Å². The molecule has 2 N–H and O–H groups in total. The number of anilines is 1. The number of nitrogens with one attached hydrogen (secondary N) is 2. The second-order valence-corrected chi connectivity index (χ2v) is 10.4. The maximum absolute atomic E-state index is 13.6. The first-order chi connectivity index (χ1) is 20.5. The van der Waals surface area contributed by atoms with E-state index in [0.29, 0.717) is 22.6 Å². The number of methoxy groups -OCH3 is 1. The second-order valence-electron chi connectivity index (χ2n) is 9.37. The zero-order valence-corrected chi connectivity index (χ0v) is 23.7. The minimum Gasteiger partial charge on any atom is -0.497 e. The molecule has 5 aromatic carbocycles. The summed E-state index contributed by atoms with van der Waals surface area (Å²) < 4.78 is 5.16. The molecule has 0 fully saturated rings. The van der Waals surface area contributed by atoms with E-state index in [-0.39, 0.29) is 17.2 Å². The Hall–Kier alpha value is -5.14. The van der Waals surface area contributed by atoms with Gasteiger partial charge in [-0.1, -0.05) is 66.7 Å². The first kappa shape index (κ1) is 28.4. The molecule has 0 heterocycles. The van der Waals surface area contributed by atoms with Gasteiger partial charge in [-0.25, -0.2) is 0 Å². The van der Waals surface area contributed by atoms with Gasteiger partial charge in [0.05, 0.1) is 12.9 Å². The van der Waals surface area contributed by atoms with Gasteiger partial charge >= 0.3 is 0 Å². The van der Waals surface area contributed by atoms with Crippen molar-refractivity contribution in [1.29, 1.82) is 0 Å². The molecule has 0 radical (unpaired) electrons. The molecule has 7 heteroatoms. The molecule has 42 heavy (non-hydrogen) atoms. The number of fused-ring (bicyclic) bond motifs is 1. The molecule has 0 aromatic heterocycles. The topological polar surface area (TPSA) is 84.5 Å². The predicted octanol–water partition coefficient (Wildman–Crippen LogP) is 7.23. The van der Waals surface area contributed by atoms with E-state index in [0.717, 1.165) is 21.2 Å². The third kappa shape index (κ3) is 7.13. The van der Waals surface area contributed by atoms with Crippen LogP contribution in [0.1, 0.15) is 26.3 Å². The van der Waals surface area contributed by atoms with E-state index in [1.165, 1.54) is 11.8 Å². The van der Waals surface area contributed by atoms with Crippen molar-refractivity contribution in [2.24, 2.45) is 0 Å². The SMILES string of the molecule is COc1ccc(C(=O)CSc2cccc(NC(=O)/C(=C/c3cccc4ccccc34)NC(=O)c3ccccc3)c2)cc1. The maximum Gasteiger partial charge on any atom is 0.272 e. The lowest BCUT2D eigenvalue weighted by Gasteiger charge is -2.13. The second kappa shape index (κ2) is 13.5. The average molecular weight is 573 g/mol. The molecule has 208 valence electrons. The van der Waals surface area contributed by atoms with Crippen LogP contribution in [0.3, 0.4) is 0 Å². The first-order valence-corrected chi connectivity index (χ1v) is 14.3. The van der Waals surface area contributed by atoms with Crippen LogP contribution in [0.15, 0.2) is 132 Å². The molecule has 5 rings (SSSR count). The van der Waals surface area contributed by atoms with Crippen LogP contribution in [-0.2, 0) is 4.79 Å². The zero-order chi connectivity index (χ0) is 29.3. The minimum absolute atomic E-state index is 0.0129. The van der Waals surface area contributed by atoms with Gasteiger partial charge in [0, 0.05) is 21.7 Å². The van der Waals surface area contributed by atoms with E-state index in [9.17, 15) is 14.4 Å². The van der Waals surface area contributed by atoms with Crippen LogP contribution in [0.25, 0.3) is 16.8 Å². The van der Waals surface area contributed by atoms with Crippen molar-refractivity contribution in [3.05, 3.63) is 144 Å². The summed E-state index contributed by atoms with van der Waals surface area (Å²) in [6.45, 7) is 0. The quantitative estimate of drug-likeness (QED) is 0.105. The number of benzene rings is 5. The van der Waals surface area contributed by atoms with Crippen LogP contribution in [0, 0.1) is 0 Å².